The average Bonchev–Trinajstić information content (AvgIpc) is 3.20. The molecule has 4 rings (SSSR count). The van der Waals surface area contributed by atoms with Gasteiger partial charge in [0.25, 0.3) is 0 Å². The predicted molar refractivity (Wildman–Crippen MR) is 85.8 cm³/mol. The van der Waals surface area contributed by atoms with Crippen LogP contribution in [0.15, 0.2) is 23.1 Å². The Morgan fingerprint density at radius 3 is 2.58 bits per heavy atom. The van der Waals surface area contributed by atoms with E-state index in [-0.39, 0.29) is 23.8 Å². The number of aryl methyl sites for hydroxylation is 2. The van der Waals surface area contributed by atoms with Crippen LogP contribution in [0.5, 0.6) is 0 Å². The van der Waals surface area contributed by atoms with Crippen molar-refractivity contribution >= 4 is 10.0 Å². The SMILES string of the molecule is CC1c2nnc(C(F)(F)F)n2CCN1S(=O)(=O)c1ccc2c(c1)CCC2. The Morgan fingerprint density at radius 2 is 1.85 bits per heavy atom. The van der Waals surface area contributed by atoms with E-state index in [1.165, 1.54) is 11.2 Å². The molecule has 26 heavy (non-hydrogen) atoms. The van der Waals surface area contributed by atoms with Gasteiger partial charge in [-0.1, -0.05) is 6.07 Å². The van der Waals surface area contributed by atoms with Gasteiger partial charge in [0.1, 0.15) is 0 Å². The highest BCUT2D eigenvalue weighted by Crippen LogP contribution is 2.35. The van der Waals surface area contributed by atoms with Gasteiger partial charge in [-0.25, -0.2) is 8.42 Å². The van der Waals surface area contributed by atoms with Gasteiger partial charge in [0.15, 0.2) is 5.82 Å². The van der Waals surface area contributed by atoms with Crippen molar-refractivity contribution in [3.63, 3.8) is 0 Å². The summed E-state index contributed by atoms with van der Waals surface area (Å²) in [6.07, 6.45) is -1.83. The number of alkyl halides is 3. The van der Waals surface area contributed by atoms with E-state index in [1.807, 2.05) is 6.07 Å². The smallest absolute Gasteiger partial charge is 0.305 e. The monoisotopic (exact) mass is 386 g/mol. The highest BCUT2D eigenvalue weighted by atomic mass is 32.2. The van der Waals surface area contributed by atoms with Crippen LogP contribution in [0.3, 0.4) is 0 Å². The van der Waals surface area contributed by atoms with Crippen molar-refractivity contribution in [1.82, 2.24) is 19.1 Å². The first-order chi connectivity index (χ1) is 12.2. The molecule has 1 atom stereocenters. The summed E-state index contributed by atoms with van der Waals surface area (Å²) in [7, 11) is -3.83. The van der Waals surface area contributed by atoms with Crippen molar-refractivity contribution in [2.24, 2.45) is 0 Å². The van der Waals surface area contributed by atoms with Crippen LogP contribution in [0.25, 0.3) is 0 Å². The van der Waals surface area contributed by atoms with E-state index < -0.39 is 28.1 Å². The number of halogens is 3. The normalized spacial score (nSPS) is 20.8. The number of sulfonamides is 1. The summed E-state index contributed by atoms with van der Waals surface area (Å²) in [6, 6.07) is 4.26. The Morgan fingerprint density at radius 1 is 1.12 bits per heavy atom. The second-order valence-corrected chi connectivity index (χ2v) is 8.50. The maximum atomic E-state index is 13.1. The fourth-order valence-corrected chi connectivity index (χ4v) is 5.38. The molecule has 0 saturated carbocycles. The van der Waals surface area contributed by atoms with E-state index in [9.17, 15) is 21.6 Å². The molecule has 0 fully saturated rings. The Balaban J connectivity index is 1.70. The summed E-state index contributed by atoms with van der Waals surface area (Å²) < 4.78 is 67.3. The molecule has 140 valence electrons. The molecule has 1 aromatic carbocycles. The summed E-state index contributed by atoms with van der Waals surface area (Å²) in [5, 5.41) is 6.83. The zero-order chi connectivity index (χ0) is 18.7. The summed E-state index contributed by atoms with van der Waals surface area (Å²) >= 11 is 0. The molecule has 1 unspecified atom stereocenters. The molecule has 0 amide bonds. The number of rotatable bonds is 2. The molecule has 0 bridgehead atoms. The van der Waals surface area contributed by atoms with Gasteiger partial charge in [0.05, 0.1) is 10.9 Å². The molecule has 1 aromatic heterocycles. The second kappa shape index (κ2) is 5.78. The number of fused-ring (bicyclic) bond motifs is 2. The zero-order valence-corrected chi connectivity index (χ0v) is 14.8. The van der Waals surface area contributed by atoms with E-state index >= 15 is 0 Å². The van der Waals surface area contributed by atoms with Gasteiger partial charge < -0.3 is 4.57 Å². The molecule has 0 radical (unpaired) electrons. The number of hydrogen-bond donors (Lipinski definition) is 0. The van der Waals surface area contributed by atoms with E-state index in [1.54, 1.807) is 12.1 Å². The van der Waals surface area contributed by atoms with Crippen LogP contribution in [-0.4, -0.2) is 34.0 Å². The van der Waals surface area contributed by atoms with E-state index in [2.05, 4.69) is 10.2 Å². The number of hydrogen-bond acceptors (Lipinski definition) is 4. The van der Waals surface area contributed by atoms with E-state index in [0.29, 0.717) is 0 Å². The Kier molecular flexibility index (Phi) is 3.88. The zero-order valence-electron chi connectivity index (χ0n) is 14.0. The van der Waals surface area contributed by atoms with E-state index in [0.717, 1.165) is 35.0 Å². The van der Waals surface area contributed by atoms with Crippen LogP contribution in [0.4, 0.5) is 13.2 Å². The van der Waals surface area contributed by atoms with Crippen molar-refractivity contribution in [1.29, 1.82) is 0 Å². The first-order valence-electron chi connectivity index (χ1n) is 8.33. The van der Waals surface area contributed by atoms with Crippen LogP contribution in [0.2, 0.25) is 0 Å². The Bertz CT molecular complexity index is 968. The van der Waals surface area contributed by atoms with Crippen molar-refractivity contribution in [3.05, 3.63) is 41.0 Å². The lowest BCUT2D eigenvalue weighted by Crippen LogP contribution is -2.42. The molecule has 0 N–H and O–H groups in total. The van der Waals surface area contributed by atoms with Gasteiger partial charge >= 0.3 is 6.18 Å². The fourth-order valence-electron chi connectivity index (χ4n) is 3.75. The summed E-state index contributed by atoms with van der Waals surface area (Å²) in [5.41, 5.74) is 2.18. The van der Waals surface area contributed by atoms with Crippen LogP contribution in [0, 0.1) is 0 Å². The minimum absolute atomic E-state index is 0.00769. The highest BCUT2D eigenvalue weighted by Gasteiger charge is 2.43. The van der Waals surface area contributed by atoms with Crippen molar-refractivity contribution in [3.8, 4) is 0 Å². The van der Waals surface area contributed by atoms with Crippen molar-refractivity contribution in [2.45, 2.75) is 49.8 Å². The summed E-state index contributed by atoms with van der Waals surface area (Å²) in [4.78, 5) is 0.175. The second-order valence-electron chi connectivity index (χ2n) is 6.61. The van der Waals surface area contributed by atoms with Crippen molar-refractivity contribution < 1.29 is 21.6 Å². The minimum Gasteiger partial charge on any atom is -0.305 e. The highest BCUT2D eigenvalue weighted by molar-refractivity contribution is 7.89. The standard InChI is InChI=1S/C16H17F3N4O2S/c1-10-14-20-21-15(16(17,18)19)22(14)7-8-23(10)26(24,25)13-6-5-11-3-2-4-12(11)9-13/h5-6,9-10H,2-4,7-8H2,1H3. The first kappa shape index (κ1) is 17.5. The molecule has 2 aromatic rings. The molecule has 2 heterocycles. The summed E-state index contributed by atoms with van der Waals surface area (Å²) in [6.45, 7) is 1.34. The Hall–Kier alpha value is -1.94. The maximum Gasteiger partial charge on any atom is 0.451 e. The lowest BCUT2D eigenvalue weighted by molar-refractivity contribution is -0.147. The third-order valence-electron chi connectivity index (χ3n) is 5.06. The topological polar surface area (TPSA) is 68.1 Å². The molecule has 1 aliphatic heterocycles. The van der Waals surface area contributed by atoms with Crippen LogP contribution >= 0.6 is 0 Å². The molecule has 0 spiro atoms. The lowest BCUT2D eigenvalue weighted by Gasteiger charge is -2.32. The van der Waals surface area contributed by atoms with E-state index in [4.69, 9.17) is 0 Å². The largest absolute Gasteiger partial charge is 0.451 e. The number of nitrogens with zero attached hydrogens (tertiary/aromatic N) is 4. The van der Waals surface area contributed by atoms with Gasteiger partial charge in [0.2, 0.25) is 15.8 Å². The molecule has 0 saturated heterocycles. The van der Waals surface area contributed by atoms with Gasteiger partial charge in [-0.15, -0.1) is 10.2 Å². The Labute approximate surface area is 148 Å². The quantitative estimate of drug-likeness (QED) is 0.796. The number of aromatic nitrogens is 3. The summed E-state index contributed by atoms with van der Waals surface area (Å²) in [5.74, 6) is -1.08. The number of benzene rings is 1. The molecule has 6 nitrogen and oxygen atoms in total. The molecule has 1 aliphatic carbocycles. The van der Waals surface area contributed by atoms with Crippen LogP contribution < -0.4 is 0 Å². The third-order valence-corrected chi connectivity index (χ3v) is 7.03. The molecular weight excluding hydrogens is 369 g/mol. The van der Waals surface area contributed by atoms with Gasteiger partial charge in [-0.2, -0.15) is 17.5 Å². The third kappa shape index (κ3) is 2.62. The predicted octanol–water partition coefficient (Wildman–Crippen LogP) is 2.55. The maximum absolute atomic E-state index is 13.1. The minimum atomic E-state index is -4.62. The lowest BCUT2D eigenvalue weighted by atomic mass is 10.1. The van der Waals surface area contributed by atoms with Crippen LogP contribution in [-0.2, 0) is 35.6 Å². The fraction of sp³-hybridized carbons (Fsp3) is 0.500. The molecule has 2 aliphatic rings. The first-order valence-corrected chi connectivity index (χ1v) is 9.77. The van der Waals surface area contributed by atoms with Gasteiger partial charge in [-0.3, -0.25) is 0 Å². The molecule has 10 heteroatoms. The van der Waals surface area contributed by atoms with Gasteiger partial charge in [-0.05, 0) is 49.4 Å². The van der Waals surface area contributed by atoms with Crippen LogP contribution in [0.1, 0.15) is 42.2 Å². The van der Waals surface area contributed by atoms with Crippen molar-refractivity contribution in [2.75, 3.05) is 6.54 Å². The van der Waals surface area contributed by atoms with Gasteiger partial charge in [0, 0.05) is 13.1 Å². The molecular formula is C16H17F3N4O2S. The average molecular weight is 386 g/mol.